The van der Waals surface area contributed by atoms with E-state index in [2.05, 4.69) is 33.2 Å². The molecule has 3 heterocycles. The predicted molar refractivity (Wildman–Crippen MR) is 84.4 cm³/mol. The van der Waals surface area contributed by atoms with E-state index < -0.39 is 0 Å². The first kappa shape index (κ1) is 15.4. The van der Waals surface area contributed by atoms with Crippen molar-refractivity contribution in [2.45, 2.75) is 19.5 Å². The molecule has 1 aliphatic rings. The van der Waals surface area contributed by atoms with Gasteiger partial charge in [0, 0.05) is 49.5 Å². The number of halogens is 1. The number of hydrogen-bond acceptors (Lipinski definition) is 5. The van der Waals surface area contributed by atoms with Crippen LogP contribution in [0, 0.1) is 6.92 Å². The van der Waals surface area contributed by atoms with Gasteiger partial charge in [-0.05, 0) is 18.6 Å². The van der Waals surface area contributed by atoms with E-state index in [1.54, 1.807) is 11.3 Å². The summed E-state index contributed by atoms with van der Waals surface area (Å²) >= 11 is 1.75. The van der Waals surface area contributed by atoms with Crippen LogP contribution in [0.4, 0.5) is 0 Å². The fraction of sp³-hybridized carbons (Fsp3) is 0.429. The van der Waals surface area contributed by atoms with Crippen LogP contribution in [-0.4, -0.2) is 34.5 Å². The zero-order valence-corrected chi connectivity index (χ0v) is 13.1. The predicted octanol–water partition coefficient (Wildman–Crippen LogP) is 2.41. The lowest BCUT2D eigenvalue weighted by Gasteiger charge is -2.36. The first-order chi connectivity index (χ1) is 9.34. The van der Waals surface area contributed by atoms with Crippen molar-refractivity contribution in [1.82, 2.24) is 20.2 Å². The third kappa shape index (κ3) is 3.35. The summed E-state index contributed by atoms with van der Waals surface area (Å²) in [6.07, 6.45) is 3.81. The van der Waals surface area contributed by atoms with Crippen molar-refractivity contribution in [3.8, 4) is 0 Å². The van der Waals surface area contributed by atoms with E-state index in [1.165, 1.54) is 10.4 Å². The summed E-state index contributed by atoms with van der Waals surface area (Å²) in [5.74, 6) is 0. The number of piperazine rings is 1. The highest BCUT2D eigenvalue weighted by Gasteiger charge is 2.24. The standard InChI is InChI=1S/C14H18N4S.ClH/c1-11-14(19-10-17-11)9-18-6-5-16-8-13(18)12-3-2-4-15-7-12;/h2-4,7,10,13,16H,5-6,8-9H2,1H3;1H. The van der Waals surface area contributed by atoms with Gasteiger partial charge >= 0.3 is 0 Å². The van der Waals surface area contributed by atoms with Crippen LogP contribution >= 0.6 is 23.7 Å². The lowest BCUT2D eigenvalue weighted by Crippen LogP contribution is -2.45. The van der Waals surface area contributed by atoms with Crippen LogP contribution in [0.5, 0.6) is 0 Å². The quantitative estimate of drug-likeness (QED) is 0.945. The van der Waals surface area contributed by atoms with Gasteiger partial charge in [0.1, 0.15) is 0 Å². The zero-order valence-electron chi connectivity index (χ0n) is 11.5. The fourth-order valence-electron chi connectivity index (χ4n) is 2.50. The summed E-state index contributed by atoms with van der Waals surface area (Å²) in [4.78, 5) is 12.5. The Morgan fingerprint density at radius 3 is 3.10 bits per heavy atom. The number of nitrogens with one attached hydrogen (secondary N) is 1. The van der Waals surface area contributed by atoms with Crippen LogP contribution < -0.4 is 5.32 Å². The van der Waals surface area contributed by atoms with Gasteiger partial charge in [0.05, 0.1) is 11.2 Å². The average Bonchev–Trinajstić information content (AvgIpc) is 2.86. The average molecular weight is 311 g/mol. The molecule has 20 heavy (non-hydrogen) atoms. The van der Waals surface area contributed by atoms with Gasteiger partial charge in [0.2, 0.25) is 0 Å². The fourth-order valence-corrected chi connectivity index (χ4v) is 3.30. The van der Waals surface area contributed by atoms with Gasteiger partial charge in [-0.25, -0.2) is 4.98 Å². The number of aryl methyl sites for hydroxylation is 1. The topological polar surface area (TPSA) is 41.1 Å². The maximum absolute atomic E-state index is 4.34. The van der Waals surface area contributed by atoms with Crippen molar-refractivity contribution < 1.29 is 0 Å². The summed E-state index contributed by atoms with van der Waals surface area (Å²) in [5, 5.41) is 3.48. The molecule has 4 nitrogen and oxygen atoms in total. The minimum Gasteiger partial charge on any atom is -0.314 e. The number of hydrogen-bond donors (Lipinski definition) is 1. The Kier molecular flexibility index (Phi) is 5.48. The second kappa shape index (κ2) is 7.13. The normalized spacial score (nSPS) is 19.6. The smallest absolute Gasteiger partial charge is 0.0798 e. The third-order valence-corrected chi connectivity index (χ3v) is 4.53. The van der Waals surface area contributed by atoms with Gasteiger partial charge in [-0.15, -0.1) is 23.7 Å². The highest BCUT2D eigenvalue weighted by atomic mass is 35.5. The molecule has 1 fully saturated rings. The Labute approximate surface area is 129 Å². The monoisotopic (exact) mass is 310 g/mol. The summed E-state index contributed by atoms with van der Waals surface area (Å²) in [6.45, 7) is 6.18. The van der Waals surface area contributed by atoms with E-state index in [0.29, 0.717) is 6.04 Å². The van der Waals surface area contributed by atoms with Gasteiger partial charge in [-0.2, -0.15) is 0 Å². The van der Waals surface area contributed by atoms with E-state index >= 15 is 0 Å². The number of rotatable bonds is 3. The Hall–Kier alpha value is -1.01. The summed E-state index contributed by atoms with van der Waals surface area (Å²) < 4.78 is 0. The van der Waals surface area contributed by atoms with E-state index in [-0.39, 0.29) is 12.4 Å². The molecule has 108 valence electrons. The molecule has 0 amide bonds. The van der Waals surface area contributed by atoms with Crippen LogP contribution in [0.3, 0.4) is 0 Å². The van der Waals surface area contributed by atoms with Gasteiger partial charge in [0.15, 0.2) is 0 Å². The molecule has 1 saturated heterocycles. The largest absolute Gasteiger partial charge is 0.314 e. The molecule has 0 aliphatic carbocycles. The maximum Gasteiger partial charge on any atom is 0.0798 e. The first-order valence-electron chi connectivity index (χ1n) is 6.58. The molecule has 6 heteroatoms. The lowest BCUT2D eigenvalue weighted by atomic mass is 10.1. The molecule has 1 atom stereocenters. The number of thiazole rings is 1. The summed E-state index contributed by atoms with van der Waals surface area (Å²) in [5.41, 5.74) is 4.39. The molecule has 2 aromatic rings. The summed E-state index contributed by atoms with van der Waals surface area (Å²) in [7, 11) is 0. The lowest BCUT2D eigenvalue weighted by molar-refractivity contribution is 0.154. The van der Waals surface area contributed by atoms with E-state index in [0.717, 1.165) is 31.9 Å². The highest BCUT2D eigenvalue weighted by Crippen LogP contribution is 2.25. The summed E-state index contributed by atoms with van der Waals surface area (Å²) in [6, 6.07) is 4.58. The van der Waals surface area contributed by atoms with Crippen LogP contribution in [0.25, 0.3) is 0 Å². The number of aromatic nitrogens is 2. The zero-order chi connectivity index (χ0) is 13.1. The molecular formula is C14H19ClN4S. The molecule has 0 bridgehead atoms. The van der Waals surface area contributed by atoms with Gasteiger partial charge in [0.25, 0.3) is 0 Å². The molecule has 0 aromatic carbocycles. The Bertz CT molecular complexity index is 531. The molecule has 0 radical (unpaired) electrons. The van der Waals surface area contributed by atoms with Crippen LogP contribution in [-0.2, 0) is 6.54 Å². The molecule has 1 aliphatic heterocycles. The third-order valence-electron chi connectivity index (χ3n) is 3.61. The van der Waals surface area contributed by atoms with Gasteiger partial charge in [-0.3, -0.25) is 9.88 Å². The van der Waals surface area contributed by atoms with Crippen molar-refractivity contribution in [1.29, 1.82) is 0 Å². The van der Waals surface area contributed by atoms with Crippen molar-refractivity contribution in [3.63, 3.8) is 0 Å². The Morgan fingerprint density at radius 2 is 2.40 bits per heavy atom. The minimum atomic E-state index is 0. The van der Waals surface area contributed by atoms with Crippen LogP contribution in [0.15, 0.2) is 30.0 Å². The molecule has 1 N–H and O–H groups in total. The number of pyridine rings is 1. The molecule has 2 aromatic heterocycles. The molecule has 0 saturated carbocycles. The van der Waals surface area contributed by atoms with E-state index in [1.807, 2.05) is 24.0 Å². The van der Waals surface area contributed by atoms with Crippen molar-refractivity contribution >= 4 is 23.7 Å². The minimum absolute atomic E-state index is 0. The number of nitrogens with zero attached hydrogens (tertiary/aromatic N) is 3. The van der Waals surface area contributed by atoms with Crippen molar-refractivity contribution in [2.75, 3.05) is 19.6 Å². The second-order valence-corrected chi connectivity index (χ2v) is 5.78. The second-order valence-electron chi connectivity index (χ2n) is 4.84. The van der Waals surface area contributed by atoms with Gasteiger partial charge < -0.3 is 5.32 Å². The Morgan fingerprint density at radius 1 is 1.50 bits per heavy atom. The molecule has 3 rings (SSSR count). The maximum atomic E-state index is 4.34. The highest BCUT2D eigenvalue weighted by molar-refractivity contribution is 7.09. The molecule has 0 spiro atoms. The van der Waals surface area contributed by atoms with E-state index in [4.69, 9.17) is 0 Å². The molecule has 1 unspecified atom stereocenters. The van der Waals surface area contributed by atoms with Gasteiger partial charge in [-0.1, -0.05) is 6.07 Å². The van der Waals surface area contributed by atoms with E-state index in [9.17, 15) is 0 Å². The van der Waals surface area contributed by atoms with Crippen molar-refractivity contribution in [2.24, 2.45) is 0 Å². The van der Waals surface area contributed by atoms with Crippen molar-refractivity contribution in [3.05, 3.63) is 46.2 Å². The molecular weight excluding hydrogens is 292 g/mol. The van der Waals surface area contributed by atoms with Crippen LogP contribution in [0.1, 0.15) is 22.2 Å². The first-order valence-corrected chi connectivity index (χ1v) is 7.46. The SMILES string of the molecule is Cc1ncsc1CN1CCNCC1c1cccnc1.Cl. The van der Waals surface area contributed by atoms with Crippen LogP contribution in [0.2, 0.25) is 0 Å². The Balaban J connectivity index is 0.00000147.